The third kappa shape index (κ3) is 5.29. The van der Waals surface area contributed by atoms with Crippen LogP contribution in [0.1, 0.15) is 27.1 Å². The van der Waals surface area contributed by atoms with Crippen molar-refractivity contribution in [3.8, 4) is 5.75 Å². The number of fused-ring (bicyclic) bond motifs is 1. The van der Waals surface area contributed by atoms with E-state index in [4.69, 9.17) is 25.5 Å². The van der Waals surface area contributed by atoms with Crippen molar-refractivity contribution >= 4 is 40.1 Å². The van der Waals surface area contributed by atoms with E-state index in [1.807, 2.05) is 0 Å². The molecule has 0 fully saturated rings. The Bertz CT molecular complexity index is 1250. The molecule has 0 unspecified atom stereocenters. The van der Waals surface area contributed by atoms with E-state index in [0.29, 0.717) is 25.0 Å². The molecule has 0 aliphatic rings. The lowest BCUT2D eigenvalue weighted by Crippen LogP contribution is -2.29. The van der Waals surface area contributed by atoms with Crippen molar-refractivity contribution in [3.63, 3.8) is 0 Å². The van der Waals surface area contributed by atoms with Crippen LogP contribution < -0.4 is 15.7 Å². The number of nitro benzene ring substituents is 1. The van der Waals surface area contributed by atoms with Gasteiger partial charge in [-0.05, 0) is 36.8 Å². The van der Waals surface area contributed by atoms with Crippen LogP contribution >= 0.6 is 11.6 Å². The Labute approximate surface area is 185 Å². The number of halogens is 1. The van der Waals surface area contributed by atoms with Gasteiger partial charge in [-0.2, -0.15) is 0 Å². The summed E-state index contributed by atoms with van der Waals surface area (Å²) in [6, 6.07) is 9.08. The molecule has 0 aliphatic heterocycles. The molecule has 0 radical (unpaired) electrons. The average Bonchev–Trinajstić information content (AvgIpc) is 2.75. The van der Waals surface area contributed by atoms with Crippen molar-refractivity contribution in [2.45, 2.75) is 6.42 Å². The zero-order valence-corrected chi connectivity index (χ0v) is 17.5. The molecule has 3 rings (SSSR count). The summed E-state index contributed by atoms with van der Waals surface area (Å²) < 4.78 is 15.3. The van der Waals surface area contributed by atoms with Gasteiger partial charge < -0.3 is 19.2 Å². The second-order valence-electron chi connectivity index (χ2n) is 6.56. The number of esters is 1. The van der Waals surface area contributed by atoms with Crippen molar-refractivity contribution < 1.29 is 28.4 Å². The quantitative estimate of drug-likeness (QED) is 0.135. The minimum Gasteiger partial charge on any atom is -0.423 e. The maximum atomic E-state index is 12.4. The van der Waals surface area contributed by atoms with Crippen LogP contribution in [0.4, 0.5) is 5.69 Å². The maximum Gasteiger partial charge on any atom is 0.350 e. The third-order valence-corrected chi connectivity index (χ3v) is 4.58. The van der Waals surface area contributed by atoms with Crippen molar-refractivity contribution in [2.75, 3.05) is 20.3 Å². The van der Waals surface area contributed by atoms with Gasteiger partial charge in [-0.3, -0.25) is 14.9 Å². The predicted octanol–water partition coefficient (Wildman–Crippen LogP) is 3.34. The number of nitrogens with one attached hydrogen (secondary N) is 1. The number of nitro groups is 1. The van der Waals surface area contributed by atoms with Crippen molar-refractivity contribution in [3.05, 3.63) is 79.1 Å². The first-order valence-corrected chi connectivity index (χ1v) is 9.69. The van der Waals surface area contributed by atoms with Gasteiger partial charge in [0.05, 0.1) is 4.92 Å². The smallest absolute Gasteiger partial charge is 0.350 e. The lowest BCUT2D eigenvalue weighted by Gasteiger charge is -2.07. The van der Waals surface area contributed by atoms with Gasteiger partial charge in [0.1, 0.15) is 22.5 Å². The Hall–Kier alpha value is -3.76. The molecule has 11 heteroatoms. The first kappa shape index (κ1) is 22.9. The van der Waals surface area contributed by atoms with E-state index in [2.05, 4.69) is 5.32 Å². The molecule has 0 spiro atoms. The van der Waals surface area contributed by atoms with Crippen molar-refractivity contribution in [1.29, 1.82) is 0 Å². The van der Waals surface area contributed by atoms with Gasteiger partial charge in [0.15, 0.2) is 0 Å². The number of hydrogen-bond donors (Lipinski definition) is 1. The summed E-state index contributed by atoms with van der Waals surface area (Å²) in [6.07, 6.45) is 0.585. The monoisotopic (exact) mass is 460 g/mol. The lowest BCUT2D eigenvalue weighted by molar-refractivity contribution is -0.385. The minimum absolute atomic E-state index is 0.00772. The fraction of sp³-hybridized carbons (Fsp3) is 0.190. The molecule has 1 amide bonds. The number of carbonyl (C=O) groups is 2. The fourth-order valence-corrected chi connectivity index (χ4v) is 2.98. The predicted molar refractivity (Wildman–Crippen MR) is 114 cm³/mol. The minimum atomic E-state index is -0.984. The molecule has 0 saturated carbocycles. The third-order valence-electron chi connectivity index (χ3n) is 4.35. The van der Waals surface area contributed by atoms with Crippen molar-refractivity contribution in [2.24, 2.45) is 0 Å². The number of amides is 1. The number of rotatable bonds is 8. The molecule has 1 aromatic heterocycles. The largest absolute Gasteiger partial charge is 0.423 e. The molecular weight excluding hydrogens is 444 g/mol. The molecule has 0 aliphatic carbocycles. The van der Waals surface area contributed by atoms with Crippen LogP contribution in [0.25, 0.3) is 11.0 Å². The van der Waals surface area contributed by atoms with E-state index in [-0.39, 0.29) is 27.5 Å². The second kappa shape index (κ2) is 10.0. The normalized spacial score (nSPS) is 10.7. The average molecular weight is 461 g/mol. The van der Waals surface area contributed by atoms with Gasteiger partial charge in [-0.15, -0.1) is 0 Å². The molecule has 166 valence electrons. The molecule has 1 heterocycles. The van der Waals surface area contributed by atoms with Crippen LogP contribution in [0.3, 0.4) is 0 Å². The van der Waals surface area contributed by atoms with E-state index in [1.54, 1.807) is 7.11 Å². The first-order chi connectivity index (χ1) is 15.3. The van der Waals surface area contributed by atoms with Crippen LogP contribution in [0, 0.1) is 10.1 Å². The van der Waals surface area contributed by atoms with Crippen LogP contribution in [-0.4, -0.2) is 37.1 Å². The SMILES string of the molecule is COCCCNC(=O)c1cc2ccc(OC(=O)c3ccc(Cl)cc3[N+](=O)[O-])cc2oc1=O. The maximum absolute atomic E-state index is 12.4. The highest BCUT2D eigenvalue weighted by atomic mass is 35.5. The Morgan fingerprint density at radius 1 is 1.16 bits per heavy atom. The highest BCUT2D eigenvalue weighted by molar-refractivity contribution is 6.31. The molecule has 3 aromatic rings. The van der Waals surface area contributed by atoms with Crippen LogP contribution in [0.5, 0.6) is 5.75 Å². The highest BCUT2D eigenvalue weighted by Crippen LogP contribution is 2.26. The van der Waals surface area contributed by atoms with Gasteiger partial charge in [0.25, 0.3) is 11.6 Å². The number of ether oxygens (including phenoxy) is 2. The summed E-state index contributed by atoms with van der Waals surface area (Å²) in [5.74, 6) is -1.57. The summed E-state index contributed by atoms with van der Waals surface area (Å²) in [7, 11) is 1.54. The molecule has 2 aromatic carbocycles. The fourth-order valence-electron chi connectivity index (χ4n) is 2.82. The molecule has 10 nitrogen and oxygen atoms in total. The Morgan fingerprint density at radius 2 is 1.94 bits per heavy atom. The summed E-state index contributed by atoms with van der Waals surface area (Å²) in [4.78, 5) is 47.3. The van der Waals surface area contributed by atoms with Gasteiger partial charge in [0.2, 0.25) is 0 Å². The molecular formula is C21H17ClN2O8. The van der Waals surface area contributed by atoms with E-state index in [9.17, 15) is 24.5 Å². The van der Waals surface area contributed by atoms with Crippen LogP contribution in [0.15, 0.2) is 51.7 Å². The zero-order chi connectivity index (χ0) is 23.3. The zero-order valence-electron chi connectivity index (χ0n) is 16.8. The number of benzene rings is 2. The number of carbonyl (C=O) groups excluding carboxylic acids is 2. The number of nitrogens with zero attached hydrogens (tertiary/aromatic N) is 1. The standard InChI is InChI=1S/C21H17ClN2O8/c1-30-8-2-7-23-19(25)16-9-12-3-5-14(11-18(12)32-21(16)27)31-20(26)15-6-4-13(22)10-17(15)24(28)29/h3-6,9-11H,2,7-8H2,1H3,(H,23,25). The summed E-state index contributed by atoms with van der Waals surface area (Å²) in [6.45, 7) is 0.795. The second-order valence-corrected chi connectivity index (χ2v) is 6.99. The number of methoxy groups -OCH3 is 1. The Balaban J connectivity index is 1.82. The summed E-state index contributed by atoms with van der Waals surface area (Å²) in [5.41, 5.74) is -1.76. The molecule has 0 atom stereocenters. The topological polar surface area (TPSA) is 138 Å². The van der Waals surface area contributed by atoms with Gasteiger partial charge in [-0.25, -0.2) is 9.59 Å². The van der Waals surface area contributed by atoms with Crippen LogP contribution in [-0.2, 0) is 4.74 Å². The number of hydrogen-bond acceptors (Lipinski definition) is 8. The molecule has 1 N–H and O–H groups in total. The Morgan fingerprint density at radius 3 is 2.66 bits per heavy atom. The molecule has 0 saturated heterocycles. The van der Waals surface area contributed by atoms with E-state index >= 15 is 0 Å². The van der Waals surface area contributed by atoms with E-state index < -0.39 is 28.1 Å². The van der Waals surface area contributed by atoms with Gasteiger partial charge in [0, 0.05) is 42.8 Å². The first-order valence-electron chi connectivity index (χ1n) is 9.31. The molecule has 0 bridgehead atoms. The highest BCUT2D eigenvalue weighted by Gasteiger charge is 2.23. The van der Waals surface area contributed by atoms with Gasteiger partial charge >= 0.3 is 11.6 Å². The van der Waals surface area contributed by atoms with E-state index in [1.165, 1.54) is 36.4 Å². The lowest BCUT2D eigenvalue weighted by atomic mass is 10.1. The van der Waals surface area contributed by atoms with Crippen molar-refractivity contribution in [1.82, 2.24) is 5.32 Å². The Kier molecular flexibility index (Phi) is 7.18. The molecule has 32 heavy (non-hydrogen) atoms. The van der Waals surface area contributed by atoms with Crippen LogP contribution in [0.2, 0.25) is 5.02 Å². The van der Waals surface area contributed by atoms with E-state index in [0.717, 1.165) is 6.07 Å². The van der Waals surface area contributed by atoms with Gasteiger partial charge in [-0.1, -0.05) is 11.6 Å². The summed E-state index contributed by atoms with van der Waals surface area (Å²) >= 11 is 5.75. The summed E-state index contributed by atoms with van der Waals surface area (Å²) in [5, 5.41) is 14.3.